The van der Waals surface area contributed by atoms with Gasteiger partial charge >= 0.3 is 0 Å². The van der Waals surface area contributed by atoms with Crippen molar-refractivity contribution in [3.8, 4) is 17.3 Å². The van der Waals surface area contributed by atoms with E-state index in [1.54, 1.807) is 42.1 Å². The van der Waals surface area contributed by atoms with E-state index in [2.05, 4.69) is 20.4 Å². The van der Waals surface area contributed by atoms with Gasteiger partial charge in [-0.15, -0.1) is 0 Å². The highest BCUT2D eigenvalue weighted by atomic mass is 35.5. The van der Waals surface area contributed by atoms with E-state index < -0.39 is 0 Å². The number of amides is 1. The van der Waals surface area contributed by atoms with Crippen molar-refractivity contribution in [1.29, 1.82) is 0 Å². The van der Waals surface area contributed by atoms with E-state index in [1.807, 2.05) is 0 Å². The topological polar surface area (TPSA) is 84.8 Å². The number of aryl methyl sites for hydroxylation is 1. The Hall–Kier alpha value is -3.39. The van der Waals surface area contributed by atoms with Crippen LogP contribution in [0.15, 0.2) is 42.5 Å². The van der Waals surface area contributed by atoms with Crippen molar-refractivity contribution in [1.82, 2.24) is 19.7 Å². The van der Waals surface area contributed by atoms with Crippen LogP contribution < -0.4 is 10.1 Å². The van der Waals surface area contributed by atoms with Crippen molar-refractivity contribution in [2.45, 2.75) is 0 Å². The van der Waals surface area contributed by atoms with Gasteiger partial charge in [-0.2, -0.15) is 5.10 Å². The maximum atomic E-state index is 13.9. The molecule has 7 nitrogen and oxygen atoms in total. The zero-order valence-corrected chi connectivity index (χ0v) is 15.7. The minimum atomic E-state index is -0.386. The monoisotopic (exact) mass is 399 g/mol. The van der Waals surface area contributed by atoms with Crippen LogP contribution in [0.2, 0.25) is 5.02 Å². The number of halogens is 2. The lowest BCUT2D eigenvalue weighted by molar-refractivity contribution is 0.102. The first-order valence-corrected chi connectivity index (χ1v) is 8.67. The number of H-pyrrole nitrogens is 1. The van der Waals surface area contributed by atoms with Gasteiger partial charge in [-0.05, 0) is 30.3 Å². The van der Waals surface area contributed by atoms with Gasteiger partial charge in [-0.3, -0.25) is 9.48 Å². The zero-order chi connectivity index (χ0) is 19.8. The van der Waals surface area contributed by atoms with Crippen LogP contribution in [-0.4, -0.2) is 32.8 Å². The van der Waals surface area contributed by atoms with Gasteiger partial charge in [0, 0.05) is 18.7 Å². The molecule has 0 fully saturated rings. The summed E-state index contributed by atoms with van der Waals surface area (Å²) in [5.41, 5.74) is 1.79. The molecule has 0 radical (unpaired) electrons. The summed E-state index contributed by atoms with van der Waals surface area (Å²) in [6, 6.07) is 11.1. The molecule has 0 aliphatic heterocycles. The summed E-state index contributed by atoms with van der Waals surface area (Å²) < 4.78 is 20.5. The number of aromatic nitrogens is 4. The molecule has 0 unspecified atom stereocenters. The quantitative estimate of drug-likeness (QED) is 0.543. The van der Waals surface area contributed by atoms with E-state index in [0.29, 0.717) is 44.7 Å². The third kappa shape index (κ3) is 3.18. The van der Waals surface area contributed by atoms with Crippen molar-refractivity contribution in [3.05, 3.63) is 58.9 Å². The molecule has 142 valence electrons. The first-order chi connectivity index (χ1) is 13.5. The van der Waals surface area contributed by atoms with Crippen LogP contribution in [0.1, 0.15) is 10.4 Å². The maximum Gasteiger partial charge on any atom is 0.256 e. The third-order valence-corrected chi connectivity index (χ3v) is 4.54. The predicted molar refractivity (Wildman–Crippen MR) is 104 cm³/mol. The number of aromatic amines is 1. The van der Waals surface area contributed by atoms with E-state index in [1.165, 1.54) is 19.2 Å². The number of benzene rings is 2. The number of hydrogen-bond donors (Lipinski definition) is 2. The van der Waals surface area contributed by atoms with Gasteiger partial charge in [0.15, 0.2) is 11.6 Å². The second-order valence-corrected chi connectivity index (χ2v) is 6.47. The SMILES string of the molecule is COc1ccc(C(=O)Nc2cc(-c3nc4cccc(F)c4[nH]3)n(C)n2)cc1Cl. The Labute approximate surface area is 164 Å². The van der Waals surface area contributed by atoms with Crippen molar-refractivity contribution in [2.75, 3.05) is 12.4 Å². The number of ether oxygens (including phenoxy) is 1. The van der Waals surface area contributed by atoms with Gasteiger partial charge < -0.3 is 15.0 Å². The van der Waals surface area contributed by atoms with E-state index in [0.717, 1.165) is 0 Å². The fourth-order valence-electron chi connectivity index (χ4n) is 2.86. The molecule has 0 saturated heterocycles. The molecular formula is C19H15ClFN5O2. The van der Waals surface area contributed by atoms with Crippen LogP contribution in [-0.2, 0) is 7.05 Å². The van der Waals surface area contributed by atoms with Gasteiger partial charge in [0.25, 0.3) is 5.91 Å². The Balaban J connectivity index is 1.61. The van der Waals surface area contributed by atoms with Crippen LogP contribution in [0, 0.1) is 5.82 Å². The van der Waals surface area contributed by atoms with E-state index in [4.69, 9.17) is 16.3 Å². The van der Waals surface area contributed by atoms with Gasteiger partial charge in [-0.25, -0.2) is 9.37 Å². The molecule has 4 aromatic rings. The lowest BCUT2D eigenvalue weighted by Gasteiger charge is -2.05. The Kier molecular flexibility index (Phi) is 4.48. The number of fused-ring (bicyclic) bond motifs is 1. The Morgan fingerprint density at radius 1 is 1.29 bits per heavy atom. The van der Waals surface area contributed by atoms with Gasteiger partial charge in [0.05, 0.1) is 17.6 Å². The number of hydrogen-bond acceptors (Lipinski definition) is 4. The Morgan fingerprint density at radius 2 is 2.11 bits per heavy atom. The fourth-order valence-corrected chi connectivity index (χ4v) is 3.12. The summed E-state index contributed by atoms with van der Waals surface area (Å²) in [5, 5.41) is 7.32. The predicted octanol–water partition coefficient (Wildman–Crippen LogP) is 4.02. The van der Waals surface area contributed by atoms with Gasteiger partial charge in [0.1, 0.15) is 22.8 Å². The lowest BCUT2D eigenvalue weighted by Crippen LogP contribution is -2.12. The number of nitrogens with one attached hydrogen (secondary N) is 2. The number of para-hydroxylation sites is 1. The van der Waals surface area contributed by atoms with Crippen molar-refractivity contribution < 1.29 is 13.9 Å². The molecule has 2 aromatic heterocycles. The second-order valence-electron chi connectivity index (χ2n) is 6.06. The zero-order valence-electron chi connectivity index (χ0n) is 15.0. The molecule has 0 spiro atoms. The van der Waals surface area contributed by atoms with Crippen molar-refractivity contribution >= 4 is 34.4 Å². The molecule has 28 heavy (non-hydrogen) atoms. The largest absolute Gasteiger partial charge is 0.495 e. The molecule has 0 aliphatic carbocycles. The smallest absolute Gasteiger partial charge is 0.256 e. The average molecular weight is 400 g/mol. The van der Waals surface area contributed by atoms with E-state index in [-0.39, 0.29) is 11.7 Å². The second kappa shape index (κ2) is 6.97. The Bertz CT molecular complexity index is 1200. The minimum Gasteiger partial charge on any atom is -0.495 e. The van der Waals surface area contributed by atoms with Crippen LogP contribution in [0.3, 0.4) is 0 Å². The summed E-state index contributed by atoms with van der Waals surface area (Å²) in [7, 11) is 3.21. The molecule has 0 bridgehead atoms. The van der Waals surface area contributed by atoms with Crippen LogP contribution in [0.5, 0.6) is 5.75 Å². The van der Waals surface area contributed by atoms with E-state index >= 15 is 0 Å². The first-order valence-electron chi connectivity index (χ1n) is 8.30. The molecular weight excluding hydrogens is 385 g/mol. The number of carbonyl (C=O) groups is 1. The lowest BCUT2D eigenvalue weighted by atomic mass is 10.2. The molecule has 0 aliphatic rings. The van der Waals surface area contributed by atoms with Crippen molar-refractivity contribution in [2.24, 2.45) is 7.05 Å². The summed E-state index contributed by atoms with van der Waals surface area (Å²) in [6.45, 7) is 0. The molecule has 2 heterocycles. The fraction of sp³-hybridized carbons (Fsp3) is 0.105. The molecule has 0 atom stereocenters. The highest BCUT2D eigenvalue weighted by molar-refractivity contribution is 6.32. The molecule has 9 heteroatoms. The summed E-state index contributed by atoms with van der Waals surface area (Å²) in [4.78, 5) is 19.8. The summed E-state index contributed by atoms with van der Waals surface area (Å²) in [6.07, 6.45) is 0. The van der Waals surface area contributed by atoms with E-state index in [9.17, 15) is 9.18 Å². The molecule has 0 saturated carbocycles. The summed E-state index contributed by atoms with van der Waals surface area (Å²) >= 11 is 6.07. The Morgan fingerprint density at radius 3 is 2.82 bits per heavy atom. The maximum absolute atomic E-state index is 13.9. The number of anilines is 1. The normalized spacial score (nSPS) is 11.0. The molecule has 1 amide bonds. The highest BCUT2D eigenvalue weighted by Gasteiger charge is 2.16. The third-order valence-electron chi connectivity index (χ3n) is 4.25. The number of nitrogens with zero attached hydrogens (tertiary/aromatic N) is 3. The van der Waals surface area contributed by atoms with Gasteiger partial charge in [0.2, 0.25) is 0 Å². The standard InChI is InChI=1S/C19H15ClFN5O2/c1-26-14(18-22-13-5-3-4-12(21)17(13)24-18)9-16(25-26)23-19(27)10-6-7-15(28-2)11(20)8-10/h3-9H,1-2H3,(H,22,24)(H,23,25,27). The van der Waals surface area contributed by atoms with Crippen molar-refractivity contribution in [3.63, 3.8) is 0 Å². The molecule has 4 rings (SSSR count). The average Bonchev–Trinajstić information content (AvgIpc) is 3.25. The van der Waals surface area contributed by atoms with Crippen LogP contribution in [0.4, 0.5) is 10.2 Å². The molecule has 2 N–H and O–H groups in total. The number of imidazole rings is 1. The first kappa shape index (κ1) is 18.0. The number of rotatable bonds is 4. The van der Waals surface area contributed by atoms with Crippen LogP contribution in [0.25, 0.3) is 22.6 Å². The molecule has 2 aromatic carbocycles. The van der Waals surface area contributed by atoms with Crippen LogP contribution >= 0.6 is 11.6 Å². The number of carbonyl (C=O) groups excluding carboxylic acids is 1. The minimum absolute atomic E-state index is 0.317. The van der Waals surface area contributed by atoms with Gasteiger partial charge in [-0.1, -0.05) is 17.7 Å². The summed E-state index contributed by atoms with van der Waals surface area (Å²) in [5.74, 6) is 0.502. The number of methoxy groups -OCH3 is 1. The highest BCUT2D eigenvalue weighted by Crippen LogP contribution is 2.26.